The predicted molar refractivity (Wildman–Crippen MR) is 114 cm³/mol. The zero-order valence-electron chi connectivity index (χ0n) is 15.3. The van der Waals surface area contributed by atoms with E-state index < -0.39 is 4.12 Å². The van der Waals surface area contributed by atoms with Gasteiger partial charge in [-0.2, -0.15) is 8.78 Å². The lowest BCUT2D eigenvalue weighted by atomic mass is 10.0. The molecular formula is C20H17ClF2INO4. The van der Waals surface area contributed by atoms with Crippen molar-refractivity contribution in [3.63, 3.8) is 0 Å². The molecule has 1 heterocycles. The summed E-state index contributed by atoms with van der Waals surface area (Å²) in [5.41, 5.74) is 1.58. The summed E-state index contributed by atoms with van der Waals surface area (Å²) in [6.07, 6.45) is 3.80. The Balaban J connectivity index is 1.77. The van der Waals surface area contributed by atoms with Crippen molar-refractivity contribution in [1.82, 2.24) is 4.98 Å². The van der Waals surface area contributed by atoms with Gasteiger partial charge in [0.05, 0.1) is 34.9 Å². The average Bonchev–Trinajstić information content (AvgIpc) is 2.66. The second-order valence-electron chi connectivity index (χ2n) is 6.34. The fourth-order valence-electron chi connectivity index (χ4n) is 2.98. The van der Waals surface area contributed by atoms with Crippen LogP contribution in [0.15, 0.2) is 52.7 Å². The van der Waals surface area contributed by atoms with Crippen LogP contribution >= 0.6 is 34.2 Å². The van der Waals surface area contributed by atoms with Crippen LogP contribution in [0.2, 0.25) is 5.02 Å². The number of hydrogen-bond donors (Lipinski definition) is 2. The van der Waals surface area contributed by atoms with E-state index in [0.717, 1.165) is 22.6 Å². The quantitative estimate of drug-likeness (QED) is 0.382. The fraction of sp³-hybridized carbons (Fsp3) is 0.250. The van der Waals surface area contributed by atoms with Gasteiger partial charge in [-0.15, -0.1) is 0 Å². The molecule has 0 bridgehead atoms. The number of rotatable bonds is 6. The second-order valence-corrected chi connectivity index (χ2v) is 7.98. The molecule has 0 saturated carbocycles. The average molecular weight is 536 g/mol. The molecule has 1 aliphatic rings. The lowest BCUT2D eigenvalue weighted by Gasteiger charge is -2.18. The number of pyridine rings is 1. The highest BCUT2D eigenvalue weighted by molar-refractivity contribution is 14.1. The van der Waals surface area contributed by atoms with Crippen molar-refractivity contribution in [1.29, 1.82) is 0 Å². The van der Waals surface area contributed by atoms with Crippen molar-refractivity contribution in [3.05, 3.63) is 74.6 Å². The van der Waals surface area contributed by atoms with Crippen LogP contribution in [0.1, 0.15) is 24.2 Å². The number of nitrogens with one attached hydrogen (secondary N) is 1. The Hall–Kier alpha value is -1.91. The lowest BCUT2D eigenvalue weighted by molar-refractivity contribution is -0.117. The summed E-state index contributed by atoms with van der Waals surface area (Å²) in [6.45, 7) is 1.38. The number of aliphatic hydroxyl groups excluding tert-OH is 1. The topological polar surface area (TPSA) is 71.5 Å². The van der Waals surface area contributed by atoms with Crippen molar-refractivity contribution in [2.24, 2.45) is 0 Å². The second kappa shape index (κ2) is 8.85. The molecule has 2 aromatic rings. The van der Waals surface area contributed by atoms with Crippen LogP contribution < -0.4 is 10.2 Å². The van der Waals surface area contributed by atoms with Crippen molar-refractivity contribution in [2.45, 2.75) is 30.5 Å². The zero-order valence-corrected chi connectivity index (χ0v) is 18.2. The normalized spacial score (nSPS) is 14.3. The molecule has 0 saturated heterocycles. The van der Waals surface area contributed by atoms with E-state index in [1.807, 2.05) is 0 Å². The first-order valence-electron chi connectivity index (χ1n) is 8.64. The molecule has 3 rings (SSSR count). The largest absolute Gasteiger partial charge is 0.462 e. The molecule has 29 heavy (non-hydrogen) atoms. The van der Waals surface area contributed by atoms with Crippen molar-refractivity contribution < 1.29 is 23.4 Å². The SMILES string of the molecule is Cc1[nH]c(CO)c(Cl)c(=O)c1-c1ccc(OC2=CC=C(OC(F)(F)I)CC2)cc1. The number of aliphatic hydroxyl groups is 1. The highest BCUT2D eigenvalue weighted by atomic mass is 127. The third-order valence-corrected chi connectivity index (χ3v) is 4.89. The molecule has 0 fully saturated rings. The van der Waals surface area contributed by atoms with Gasteiger partial charge < -0.3 is 19.6 Å². The monoisotopic (exact) mass is 535 g/mol. The van der Waals surface area contributed by atoms with Gasteiger partial charge in [0, 0.05) is 24.1 Å². The number of benzene rings is 1. The molecule has 154 valence electrons. The van der Waals surface area contributed by atoms with Crippen LogP contribution in [0.3, 0.4) is 0 Å². The van der Waals surface area contributed by atoms with Gasteiger partial charge in [0.15, 0.2) is 0 Å². The summed E-state index contributed by atoms with van der Waals surface area (Å²) in [5.74, 6) is 1.36. The molecule has 9 heteroatoms. The van der Waals surface area contributed by atoms with Gasteiger partial charge in [0.2, 0.25) is 5.43 Å². The maximum absolute atomic E-state index is 12.9. The van der Waals surface area contributed by atoms with Crippen molar-refractivity contribution >= 4 is 34.2 Å². The van der Waals surface area contributed by atoms with Crippen molar-refractivity contribution in [3.8, 4) is 16.9 Å². The molecule has 0 aliphatic heterocycles. The number of alkyl halides is 3. The molecule has 2 N–H and O–H groups in total. The van der Waals surface area contributed by atoms with Gasteiger partial charge in [-0.25, -0.2) is 0 Å². The molecule has 0 amide bonds. The minimum atomic E-state index is -3.24. The minimum Gasteiger partial charge on any atom is -0.462 e. The Morgan fingerprint density at radius 1 is 1.21 bits per heavy atom. The summed E-state index contributed by atoms with van der Waals surface area (Å²) in [4.78, 5) is 15.5. The van der Waals surface area contributed by atoms with Crippen LogP contribution in [0.5, 0.6) is 5.75 Å². The molecule has 5 nitrogen and oxygen atoms in total. The zero-order chi connectivity index (χ0) is 21.2. The van der Waals surface area contributed by atoms with E-state index in [4.69, 9.17) is 16.3 Å². The van der Waals surface area contributed by atoms with Crippen LogP contribution in [0.4, 0.5) is 8.78 Å². The summed E-state index contributed by atoms with van der Waals surface area (Å²) < 4.78 is 32.8. The smallest absolute Gasteiger partial charge is 0.451 e. The van der Waals surface area contributed by atoms with Crippen LogP contribution in [-0.4, -0.2) is 14.2 Å². The Bertz CT molecular complexity index is 1030. The molecule has 0 atom stereocenters. The minimum absolute atomic E-state index is 0.0392. The third kappa shape index (κ3) is 5.37. The van der Waals surface area contributed by atoms with Gasteiger partial charge in [0.25, 0.3) is 0 Å². The highest BCUT2D eigenvalue weighted by Gasteiger charge is 2.28. The number of halogens is 4. The van der Waals surface area contributed by atoms with E-state index in [-0.39, 0.29) is 28.5 Å². The Morgan fingerprint density at radius 3 is 2.38 bits per heavy atom. The molecular weight excluding hydrogens is 519 g/mol. The summed E-state index contributed by atoms with van der Waals surface area (Å²) in [6, 6.07) is 6.87. The van der Waals surface area contributed by atoms with E-state index in [1.54, 1.807) is 37.3 Å². The van der Waals surface area contributed by atoms with Gasteiger partial charge in [0.1, 0.15) is 22.3 Å². The van der Waals surface area contributed by atoms with Crippen LogP contribution in [-0.2, 0) is 11.3 Å². The number of ether oxygens (including phenoxy) is 2. The van der Waals surface area contributed by atoms with E-state index in [0.29, 0.717) is 41.2 Å². The number of hydrogen-bond acceptors (Lipinski definition) is 4. The fourth-order valence-corrected chi connectivity index (χ4v) is 3.46. The highest BCUT2D eigenvalue weighted by Crippen LogP contribution is 2.32. The first-order chi connectivity index (χ1) is 13.7. The Kier molecular flexibility index (Phi) is 6.65. The van der Waals surface area contributed by atoms with Gasteiger partial charge >= 0.3 is 4.12 Å². The number of aryl methyl sites for hydroxylation is 1. The Morgan fingerprint density at radius 2 is 1.83 bits per heavy atom. The van der Waals surface area contributed by atoms with Gasteiger partial charge in [-0.3, -0.25) is 4.79 Å². The lowest BCUT2D eigenvalue weighted by Crippen LogP contribution is -2.13. The molecule has 0 radical (unpaired) electrons. The number of H-pyrrole nitrogens is 1. The standard InChI is InChI=1S/C20H17ClF2INO4/c1-11-17(19(27)18(21)16(10-26)25-11)12-2-4-13(5-3-12)28-14-6-8-15(9-7-14)29-20(22,23)24/h2-6,8,26H,7,9-10H2,1H3,(H,25,27). The molecule has 1 aliphatic carbocycles. The van der Waals surface area contributed by atoms with E-state index in [9.17, 15) is 18.7 Å². The first kappa shape index (κ1) is 21.8. The van der Waals surface area contributed by atoms with E-state index in [2.05, 4.69) is 9.72 Å². The number of allylic oxidation sites excluding steroid dienone is 4. The predicted octanol–water partition coefficient (Wildman–Crippen LogP) is 5.44. The van der Waals surface area contributed by atoms with Crippen LogP contribution in [0.25, 0.3) is 11.1 Å². The maximum atomic E-state index is 12.9. The van der Waals surface area contributed by atoms with E-state index in [1.165, 1.54) is 6.08 Å². The molecule has 1 aromatic heterocycles. The number of aromatic nitrogens is 1. The van der Waals surface area contributed by atoms with Crippen LogP contribution in [0, 0.1) is 6.92 Å². The summed E-state index contributed by atoms with van der Waals surface area (Å²) in [7, 11) is 0. The van der Waals surface area contributed by atoms with Gasteiger partial charge in [-0.1, -0.05) is 23.7 Å². The molecule has 1 aromatic carbocycles. The Labute approximate surface area is 184 Å². The van der Waals surface area contributed by atoms with E-state index >= 15 is 0 Å². The number of aromatic amines is 1. The summed E-state index contributed by atoms with van der Waals surface area (Å²) in [5, 5.41) is 9.23. The maximum Gasteiger partial charge on any atom is 0.451 e. The first-order valence-corrected chi connectivity index (χ1v) is 10.1. The molecule has 0 spiro atoms. The third-order valence-electron chi connectivity index (χ3n) is 4.27. The van der Waals surface area contributed by atoms with Crippen molar-refractivity contribution in [2.75, 3.05) is 0 Å². The van der Waals surface area contributed by atoms with Gasteiger partial charge in [-0.05, 0) is 36.8 Å². The molecule has 0 unspecified atom stereocenters. The summed E-state index contributed by atoms with van der Waals surface area (Å²) >= 11 is 6.96.